The van der Waals surface area contributed by atoms with Gasteiger partial charge in [0.15, 0.2) is 0 Å². The fourth-order valence-corrected chi connectivity index (χ4v) is 3.11. The van der Waals surface area contributed by atoms with Gasteiger partial charge in [-0.3, -0.25) is 4.79 Å². The molecule has 0 fully saturated rings. The van der Waals surface area contributed by atoms with Crippen molar-refractivity contribution in [3.63, 3.8) is 0 Å². The van der Waals surface area contributed by atoms with Crippen LogP contribution in [-0.4, -0.2) is 10.9 Å². The molecule has 7 heteroatoms. The van der Waals surface area contributed by atoms with Crippen molar-refractivity contribution in [2.75, 3.05) is 5.32 Å². The maximum atomic E-state index is 12.3. The third-order valence-electron chi connectivity index (χ3n) is 2.62. The van der Waals surface area contributed by atoms with Crippen molar-refractivity contribution in [3.8, 4) is 0 Å². The molecule has 3 nitrogen and oxygen atoms in total. The normalized spacial score (nSPS) is 10.2. The van der Waals surface area contributed by atoms with Crippen LogP contribution in [0.1, 0.15) is 15.9 Å². The summed E-state index contributed by atoms with van der Waals surface area (Å²) in [5.74, 6) is -0.297. The molecule has 0 aromatic heterocycles. The lowest BCUT2D eigenvalue weighted by molar-refractivity contribution is 0.102. The van der Waals surface area contributed by atoms with Crippen LogP contribution in [0.15, 0.2) is 45.3 Å². The Hall–Kier alpha value is -0.950. The number of carbonyl (C=O) groups is 1. The fourth-order valence-electron chi connectivity index (χ4n) is 1.71. The summed E-state index contributed by atoms with van der Waals surface area (Å²) >= 11 is 17.6. The van der Waals surface area contributed by atoms with Crippen LogP contribution in [-0.2, 0) is 0 Å². The highest BCUT2D eigenvalue weighted by Crippen LogP contribution is 2.24. The van der Waals surface area contributed by atoms with Crippen LogP contribution in [0.4, 0.5) is 5.69 Å². The van der Waals surface area contributed by atoms with Gasteiger partial charge < -0.3 is 11.1 Å². The molecule has 0 spiro atoms. The van der Waals surface area contributed by atoms with Gasteiger partial charge in [0, 0.05) is 25.1 Å². The van der Waals surface area contributed by atoms with Crippen LogP contribution in [0.3, 0.4) is 0 Å². The molecule has 2 rings (SSSR count). The van der Waals surface area contributed by atoms with Gasteiger partial charge in [0.05, 0.1) is 5.69 Å². The second kappa shape index (κ2) is 6.87. The predicted molar refractivity (Wildman–Crippen MR) is 97.1 cm³/mol. The quantitative estimate of drug-likeness (QED) is 0.666. The summed E-state index contributed by atoms with van der Waals surface area (Å²) < 4.78 is 1.54. The summed E-state index contributed by atoms with van der Waals surface area (Å²) in [5.41, 5.74) is 7.24. The number of nitrogens with one attached hydrogen (secondary N) is 1. The van der Waals surface area contributed by atoms with E-state index < -0.39 is 0 Å². The molecule has 2 aromatic rings. The molecule has 0 aliphatic rings. The Morgan fingerprint density at radius 1 is 1.14 bits per heavy atom. The number of benzene rings is 2. The van der Waals surface area contributed by atoms with E-state index in [2.05, 4.69) is 37.2 Å². The molecular formula is C14H9Br2ClN2OS. The lowest BCUT2D eigenvalue weighted by atomic mass is 10.1. The molecule has 0 heterocycles. The van der Waals surface area contributed by atoms with Crippen LogP contribution >= 0.6 is 55.7 Å². The molecule has 0 saturated heterocycles. The Balaban J connectivity index is 2.35. The van der Waals surface area contributed by atoms with Gasteiger partial charge in [0.2, 0.25) is 0 Å². The molecule has 3 N–H and O–H groups in total. The maximum Gasteiger partial charge on any atom is 0.255 e. The van der Waals surface area contributed by atoms with Crippen LogP contribution < -0.4 is 11.1 Å². The van der Waals surface area contributed by atoms with Crippen molar-refractivity contribution in [3.05, 3.63) is 61.5 Å². The lowest BCUT2D eigenvalue weighted by Crippen LogP contribution is -2.17. The third kappa shape index (κ3) is 4.26. The first-order chi connectivity index (χ1) is 9.86. The number of amides is 1. The zero-order valence-electron chi connectivity index (χ0n) is 10.5. The zero-order chi connectivity index (χ0) is 15.6. The van der Waals surface area contributed by atoms with Gasteiger partial charge in [-0.25, -0.2) is 0 Å². The molecule has 0 saturated carbocycles. The van der Waals surface area contributed by atoms with E-state index in [9.17, 15) is 4.79 Å². The monoisotopic (exact) mass is 446 g/mol. The molecule has 0 unspecified atom stereocenters. The Kier molecular flexibility index (Phi) is 5.37. The van der Waals surface area contributed by atoms with E-state index in [0.29, 0.717) is 21.8 Å². The summed E-state index contributed by atoms with van der Waals surface area (Å²) in [4.78, 5) is 12.5. The molecule has 0 aliphatic heterocycles. The average molecular weight is 449 g/mol. The number of nitrogens with two attached hydrogens (primary N) is 1. The Morgan fingerprint density at radius 2 is 1.86 bits per heavy atom. The van der Waals surface area contributed by atoms with Crippen molar-refractivity contribution < 1.29 is 4.79 Å². The van der Waals surface area contributed by atoms with Gasteiger partial charge in [0.25, 0.3) is 5.91 Å². The van der Waals surface area contributed by atoms with E-state index in [1.165, 1.54) is 0 Å². The van der Waals surface area contributed by atoms with Crippen LogP contribution in [0.5, 0.6) is 0 Å². The minimum absolute atomic E-state index is 0.213. The second-order valence-corrected chi connectivity index (χ2v) is 6.87. The van der Waals surface area contributed by atoms with E-state index in [-0.39, 0.29) is 10.9 Å². The van der Waals surface area contributed by atoms with Crippen LogP contribution in [0, 0.1) is 0 Å². The van der Waals surface area contributed by atoms with Gasteiger partial charge in [-0.2, -0.15) is 0 Å². The fraction of sp³-hybridized carbons (Fsp3) is 0. The van der Waals surface area contributed by atoms with Gasteiger partial charge in [-0.1, -0.05) is 55.7 Å². The van der Waals surface area contributed by atoms with Crippen molar-refractivity contribution >= 4 is 72.3 Å². The number of halogens is 3. The SMILES string of the molecule is NC(=S)c1ccc(Br)cc1NC(=O)c1cc(Cl)cc(Br)c1. The van der Waals surface area contributed by atoms with E-state index in [1.807, 2.05) is 0 Å². The number of carbonyl (C=O) groups excluding carboxylic acids is 1. The molecule has 0 radical (unpaired) electrons. The second-order valence-electron chi connectivity index (χ2n) is 4.17. The van der Waals surface area contributed by atoms with Crippen molar-refractivity contribution in [2.24, 2.45) is 5.73 Å². The van der Waals surface area contributed by atoms with Gasteiger partial charge in [-0.15, -0.1) is 0 Å². The first kappa shape index (κ1) is 16.4. The summed E-state index contributed by atoms with van der Waals surface area (Å²) in [6, 6.07) is 10.3. The summed E-state index contributed by atoms with van der Waals surface area (Å²) in [6.07, 6.45) is 0. The zero-order valence-corrected chi connectivity index (χ0v) is 15.2. The highest BCUT2D eigenvalue weighted by Gasteiger charge is 2.12. The van der Waals surface area contributed by atoms with Crippen LogP contribution in [0.2, 0.25) is 5.02 Å². The highest BCUT2D eigenvalue weighted by atomic mass is 79.9. The number of rotatable bonds is 3. The molecule has 0 bridgehead atoms. The van der Waals surface area contributed by atoms with Crippen molar-refractivity contribution in [2.45, 2.75) is 0 Å². The van der Waals surface area contributed by atoms with Gasteiger partial charge in [-0.05, 0) is 36.4 Å². The van der Waals surface area contributed by atoms with Crippen molar-refractivity contribution in [1.29, 1.82) is 0 Å². The smallest absolute Gasteiger partial charge is 0.255 e. The highest BCUT2D eigenvalue weighted by molar-refractivity contribution is 9.10. The minimum Gasteiger partial charge on any atom is -0.389 e. The van der Waals surface area contributed by atoms with E-state index >= 15 is 0 Å². The number of anilines is 1. The number of hydrogen-bond acceptors (Lipinski definition) is 2. The van der Waals surface area contributed by atoms with Gasteiger partial charge in [0.1, 0.15) is 4.99 Å². The van der Waals surface area contributed by atoms with Crippen LogP contribution in [0.25, 0.3) is 0 Å². The third-order valence-corrected chi connectivity index (χ3v) is 4.01. The Labute approximate surface area is 149 Å². The standard InChI is InChI=1S/C14H9Br2ClN2OS/c15-8-1-2-11(13(18)21)12(6-8)19-14(20)7-3-9(16)5-10(17)4-7/h1-6H,(H2,18,21)(H,19,20). The molecule has 21 heavy (non-hydrogen) atoms. The molecule has 0 aliphatic carbocycles. The summed E-state index contributed by atoms with van der Waals surface area (Å²) in [7, 11) is 0. The predicted octanol–water partition coefficient (Wildman–Crippen LogP) is 4.75. The Morgan fingerprint density at radius 3 is 2.48 bits per heavy atom. The number of hydrogen-bond donors (Lipinski definition) is 2. The lowest BCUT2D eigenvalue weighted by Gasteiger charge is -2.11. The van der Waals surface area contributed by atoms with E-state index in [0.717, 1.165) is 8.95 Å². The molecular weight excluding hydrogens is 439 g/mol. The summed E-state index contributed by atoms with van der Waals surface area (Å²) in [6.45, 7) is 0. The Bertz CT molecular complexity index is 717. The van der Waals surface area contributed by atoms with E-state index in [4.69, 9.17) is 29.6 Å². The molecule has 0 atom stereocenters. The largest absolute Gasteiger partial charge is 0.389 e. The minimum atomic E-state index is -0.297. The summed E-state index contributed by atoms with van der Waals surface area (Å²) in [5, 5.41) is 3.26. The topological polar surface area (TPSA) is 55.1 Å². The molecule has 108 valence electrons. The molecule has 2 aromatic carbocycles. The first-order valence-corrected chi connectivity index (χ1v) is 8.11. The maximum absolute atomic E-state index is 12.3. The average Bonchev–Trinajstić information content (AvgIpc) is 2.37. The van der Waals surface area contributed by atoms with Crippen molar-refractivity contribution in [1.82, 2.24) is 0 Å². The molecule has 1 amide bonds. The first-order valence-electron chi connectivity index (χ1n) is 5.73. The van der Waals surface area contributed by atoms with E-state index in [1.54, 1.807) is 36.4 Å². The van der Waals surface area contributed by atoms with Gasteiger partial charge >= 0.3 is 0 Å². The number of thiocarbonyl (C=S) groups is 1.